The molecule has 0 radical (unpaired) electrons. The largest absolute Gasteiger partial charge is 0.326 e. The number of aryl methyl sites for hydroxylation is 1. The molecule has 0 spiro atoms. The number of hydrogen-bond donors (Lipinski definition) is 2. The van der Waals surface area contributed by atoms with Gasteiger partial charge in [0.25, 0.3) is 0 Å². The van der Waals surface area contributed by atoms with Gasteiger partial charge in [-0.15, -0.1) is 12.4 Å². The Morgan fingerprint density at radius 2 is 1.96 bits per heavy atom. The minimum Gasteiger partial charge on any atom is -0.326 e. The molecule has 1 fully saturated rings. The number of amides is 1. The molecule has 0 bridgehead atoms. The molecule has 0 saturated carbocycles. The zero-order valence-corrected chi connectivity index (χ0v) is 15.7. The third-order valence-electron chi connectivity index (χ3n) is 4.49. The summed E-state index contributed by atoms with van der Waals surface area (Å²) in [6, 6.07) is 15.8. The molecule has 3 rings (SSSR count). The predicted molar refractivity (Wildman–Crippen MR) is 106 cm³/mol. The maximum Gasteiger partial charge on any atom is 0.238 e. The zero-order chi connectivity index (χ0) is 17.1. The second-order valence-electron chi connectivity index (χ2n) is 6.39. The van der Waals surface area contributed by atoms with Gasteiger partial charge in [0.05, 0.1) is 6.54 Å². The van der Waals surface area contributed by atoms with E-state index in [0.29, 0.717) is 11.6 Å². The molecule has 0 unspecified atom stereocenters. The fraction of sp³-hybridized carbons (Fsp3) is 0.316. The Labute approximate surface area is 159 Å². The number of rotatable bonds is 4. The van der Waals surface area contributed by atoms with Crippen LogP contribution in [0, 0.1) is 6.92 Å². The van der Waals surface area contributed by atoms with Crippen LogP contribution in [0.1, 0.15) is 17.0 Å². The van der Waals surface area contributed by atoms with Crippen LogP contribution in [-0.4, -0.2) is 36.5 Å². The van der Waals surface area contributed by atoms with Crippen LogP contribution in [0.4, 0.5) is 5.69 Å². The molecule has 1 amide bonds. The number of carbonyl (C=O) groups is 1. The van der Waals surface area contributed by atoms with Gasteiger partial charge in [-0.1, -0.05) is 48.0 Å². The Morgan fingerprint density at radius 3 is 2.64 bits per heavy atom. The minimum atomic E-state index is -0.0455. The van der Waals surface area contributed by atoms with E-state index in [1.54, 1.807) is 6.07 Å². The highest BCUT2D eigenvalue weighted by Gasteiger charge is 2.31. The lowest BCUT2D eigenvalue weighted by atomic mass is 9.95. The van der Waals surface area contributed by atoms with Gasteiger partial charge in [0.15, 0.2) is 0 Å². The molecule has 4 nitrogen and oxygen atoms in total. The lowest BCUT2D eigenvalue weighted by molar-refractivity contribution is -0.117. The monoisotopic (exact) mass is 379 g/mol. The lowest BCUT2D eigenvalue weighted by Crippen LogP contribution is -2.33. The fourth-order valence-corrected chi connectivity index (χ4v) is 3.35. The number of halogens is 2. The first-order valence-corrected chi connectivity index (χ1v) is 8.49. The minimum absolute atomic E-state index is 0. The molecule has 1 aliphatic rings. The van der Waals surface area contributed by atoms with Gasteiger partial charge < -0.3 is 11.1 Å². The summed E-state index contributed by atoms with van der Waals surface area (Å²) in [5, 5.41) is 3.55. The van der Waals surface area contributed by atoms with Gasteiger partial charge in [0.2, 0.25) is 5.91 Å². The zero-order valence-electron chi connectivity index (χ0n) is 14.1. The maximum absolute atomic E-state index is 12.3. The standard InChI is InChI=1S/C19H22ClN3O.ClH/c1-13-7-8-15(9-17(13)20)22-19(24)12-23-10-16(18(21)11-23)14-5-3-2-4-6-14;/h2-9,16,18H,10-12,21H2,1H3,(H,22,24);1H/t16-,18+;/m0./s1. The number of carbonyl (C=O) groups excluding carboxylic acids is 1. The Kier molecular flexibility index (Phi) is 6.85. The van der Waals surface area contributed by atoms with Crippen LogP contribution in [0.5, 0.6) is 0 Å². The first kappa shape index (κ1) is 19.7. The Morgan fingerprint density at radius 1 is 1.24 bits per heavy atom. The SMILES string of the molecule is Cc1ccc(NC(=O)CN2C[C@@H](N)[C@H](c3ccccc3)C2)cc1Cl.Cl. The number of hydrogen-bond acceptors (Lipinski definition) is 3. The first-order chi connectivity index (χ1) is 11.5. The Hall–Kier alpha value is -1.59. The normalized spacial score (nSPS) is 20.1. The van der Waals surface area contributed by atoms with Crippen LogP contribution in [0.25, 0.3) is 0 Å². The van der Waals surface area contributed by atoms with Gasteiger partial charge in [0.1, 0.15) is 0 Å². The quantitative estimate of drug-likeness (QED) is 0.855. The molecular weight excluding hydrogens is 357 g/mol. The molecule has 0 aromatic heterocycles. The number of anilines is 1. The van der Waals surface area contributed by atoms with E-state index in [-0.39, 0.29) is 30.3 Å². The predicted octanol–water partition coefficient (Wildman–Crippen LogP) is 3.44. The molecule has 1 aliphatic heterocycles. The van der Waals surface area contributed by atoms with Gasteiger partial charge in [-0.2, -0.15) is 0 Å². The molecule has 0 aliphatic carbocycles. The number of benzene rings is 2. The topological polar surface area (TPSA) is 58.4 Å². The number of nitrogens with zero attached hydrogens (tertiary/aromatic N) is 1. The van der Waals surface area contributed by atoms with E-state index >= 15 is 0 Å². The Bertz CT molecular complexity index is 724. The van der Waals surface area contributed by atoms with Gasteiger partial charge in [0, 0.05) is 35.8 Å². The van der Waals surface area contributed by atoms with Gasteiger partial charge in [-0.3, -0.25) is 9.69 Å². The third kappa shape index (κ3) is 4.95. The van der Waals surface area contributed by atoms with Crippen molar-refractivity contribution in [1.82, 2.24) is 4.90 Å². The summed E-state index contributed by atoms with van der Waals surface area (Å²) in [6.45, 7) is 3.79. The third-order valence-corrected chi connectivity index (χ3v) is 4.90. The van der Waals surface area contributed by atoms with Crippen molar-refractivity contribution in [3.8, 4) is 0 Å². The smallest absolute Gasteiger partial charge is 0.238 e. The molecular formula is C19H23Cl2N3O. The van der Waals surface area contributed by atoms with Crippen LogP contribution in [0.3, 0.4) is 0 Å². The first-order valence-electron chi connectivity index (χ1n) is 8.12. The molecule has 134 valence electrons. The second-order valence-corrected chi connectivity index (χ2v) is 6.79. The van der Waals surface area contributed by atoms with E-state index < -0.39 is 0 Å². The summed E-state index contributed by atoms with van der Waals surface area (Å²) in [5.74, 6) is 0.226. The molecule has 25 heavy (non-hydrogen) atoms. The Balaban J connectivity index is 0.00000225. The van der Waals surface area contributed by atoms with Crippen LogP contribution < -0.4 is 11.1 Å². The average molecular weight is 380 g/mol. The summed E-state index contributed by atoms with van der Waals surface area (Å²) in [6.07, 6.45) is 0. The van der Waals surface area contributed by atoms with Crippen LogP contribution >= 0.6 is 24.0 Å². The van der Waals surface area contributed by atoms with Crippen LogP contribution in [0.2, 0.25) is 5.02 Å². The summed E-state index contributed by atoms with van der Waals surface area (Å²) in [5.41, 5.74) is 9.22. The van der Waals surface area contributed by atoms with Crippen molar-refractivity contribution in [3.63, 3.8) is 0 Å². The fourth-order valence-electron chi connectivity index (χ4n) is 3.17. The van der Waals surface area contributed by atoms with Crippen molar-refractivity contribution in [2.45, 2.75) is 18.9 Å². The highest BCUT2D eigenvalue weighted by molar-refractivity contribution is 6.31. The molecule has 2 atom stereocenters. The summed E-state index contributed by atoms with van der Waals surface area (Å²) < 4.78 is 0. The highest BCUT2D eigenvalue weighted by Crippen LogP contribution is 2.26. The van der Waals surface area contributed by atoms with Crippen LogP contribution in [0.15, 0.2) is 48.5 Å². The molecule has 6 heteroatoms. The van der Waals surface area contributed by atoms with E-state index in [2.05, 4.69) is 22.3 Å². The molecule has 3 N–H and O–H groups in total. The van der Waals surface area contributed by atoms with E-state index in [4.69, 9.17) is 17.3 Å². The molecule has 2 aromatic carbocycles. The highest BCUT2D eigenvalue weighted by atomic mass is 35.5. The lowest BCUT2D eigenvalue weighted by Gasteiger charge is -2.16. The van der Waals surface area contributed by atoms with E-state index in [1.165, 1.54) is 5.56 Å². The van der Waals surface area contributed by atoms with E-state index in [0.717, 1.165) is 24.3 Å². The van der Waals surface area contributed by atoms with Crippen molar-refractivity contribution < 1.29 is 4.79 Å². The maximum atomic E-state index is 12.3. The van der Waals surface area contributed by atoms with Crippen molar-refractivity contribution >= 4 is 35.6 Å². The molecule has 2 aromatic rings. The van der Waals surface area contributed by atoms with Gasteiger partial charge in [-0.05, 0) is 30.2 Å². The second kappa shape index (κ2) is 8.68. The van der Waals surface area contributed by atoms with Crippen molar-refractivity contribution in [3.05, 3.63) is 64.7 Å². The molecule has 1 heterocycles. The summed E-state index contributed by atoms with van der Waals surface area (Å²) in [4.78, 5) is 14.4. The van der Waals surface area contributed by atoms with Crippen LogP contribution in [-0.2, 0) is 4.79 Å². The van der Waals surface area contributed by atoms with Gasteiger partial charge >= 0.3 is 0 Å². The van der Waals surface area contributed by atoms with Crippen molar-refractivity contribution in [1.29, 1.82) is 0 Å². The number of likely N-dealkylation sites (tertiary alicyclic amines) is 1. The van der Waals surface area contributed by atoms with Crippen molar-refractivity contribution in [2.24, 2.45) is 5.73 Å². The van der Waals surface area contributed by atoms with Gasteiger partial charge in [-0.25, -0.2) is 0 Å². The van der Waals surface area contributed by atoms with E-state index in [9.17, 15) is 4.79 Å². The number of nitrogens with two attached hydrogens (primary N) is 1. The number of nitrogens with one attached hydrogen (secondary N) is 1. The van der Waals surface area contributed by atoms with E-state index in [1.807, 2.05) is 37.3 Å². The van der Waals surface area contributed by atoms with Crippen molar-refractivity contribution in [2.75, 3.05) is 25.0 Å². The average Bonchev–Trinajstić information content (AvgIpc) is 2.92. The molecule has 1 saturated heterocycles. The summed E-state index contributed by atoms with van der Waals surface area (Å²) >= 11 is 6.10. The summed E-state index contributed by atoms with van der Waals surface area (Å²) in [7, 11) is 0.